The van der Waals surface area contributed by atoms with E-state index in [-0.39, 0.29) is 0 Å². The van der Waals surface area contributed by atoms with Gasteiger partial charge in [0.2, 0.25) is 5.95 Å². The Bertz CT molecular complexity index is 2750. The van der Waals surface area contributed by atoms with E-state index in [0.29, 0.717) is 5.95 Å². The van der Waals surface area contributed by atoms with Crippen LogP contribution in [0.5, 0.6) is 0 Å². The first-order chi connectivity index (χ1) is 22.3. The van der Waals surface area contributed by atoms with E-state index in [9.17, 15) is 0 Å². The molecule has 0 atom stereocenters. The van der Waals surface area contributed by atoms with Gasteiger partial charge in [0.15, 0.2) is 0 Å². The molecule has 0 bridgehead atoms. The summed E-state index contributed by atoms with van der Waals surface area (Å²) >= 11 is 1.86. The normalized spacial score (nSPS) is 12.0. The number of hydrogen-bond donors (Lipinski definition) is 0. The summed E-state index contributed by atoms with van der Waals surface area (Å²) in [5.74, 6) is 0.674. The Morgan fingerprint density at radius 2 is 1.11 bits per heavy atom. The Labute approximate surface area is 262 Å². The van der Waals surface area contributed by atoms with Crippen LogP contribution in [-0.2, 0) is 0 Å². The summed E-state index contributed by atoms with van der Waals surface area (Å²) in [6.45, 7) is 0. The molecule has 0 fully saturated rings. The highest BCUT2D eigenvalue weighted by Crippen LogP contribution is 2.47. The van der Waals surface area contributed by atoms with E-state index in [2.05, 4.69) is 149 Å². The first kappa shape index (κ1) is 24.6. The lowest BCUT2D eigenvalue weighted by Gasteiger charge is -2.13. The maximum absolute atomic E-state index is 5.36. The predicted octanol–water partition coefficient (Wildman–Crippen LogP) is 10.7. The number of aromatic nitrogens is 4. The fraction of sp³-hybridized carbons (Fsp3) is 0. The number of rotatable bonds is 3. The van der Waals surface area contributed by atoms with Gasteiger partial charge in [0.25, 0.3) is 0 Å². The molecule has 4 aromatic heterocycles. The van der Waals surface area contributed by atoms with Crippen molar-refractivity contribution in [2.45, 2.75) is 0 Å². The zero-order chi connectivity index (χ0) is 29.5. The molecule has 0 amide bonds. The van der Waals surface area contributed by atoms with Crippen molar-refractivity contribution in [2.24, 2.45) is 0 Å². The highest BCUT2D eigenvalue weighted by molar-refractivity contribution is 7.27. The van der Waals surface area contributed by atoms with Crippen LogP contribution in [0.3, 0.4) is 0 Å². The maximum atomic E-state index is 5.36. The van der Waals surface area contributed by atoms with Gasteiger partial charge in [-0.2, -0.15) is 0 Å². The zero-order valence-electron chi connectivity index (χ0n) is 24.1. The molecule has 0 saturated carbocycles. The molecule has 0 aliphatic carbocycles. The molecule has 0 N–H and O–H groups in total. The van der Waals surface area contributed by atoms with Crippen LogP contribution in [0.2, 0.25) is 0 Å². The van der Waals surface area contributed by atoms with E-state index in [1.54, 1.807) is 0 Å². The molecule has 4 nitrogen and oxygen atoms in total. The van der Waals surface area contributed by atoms with Crippen molar-refractivity contribution < 1.29 is 0 Å². The molecule has 10 rings (SSSR count). The summed E-state index contributed by atoms with van der Waals surface area (Å²) in [4.78, 5) is 10.6. The predicted molar refractivity (Wildman–Crippen MR) is 189 cm³/mol. The molecule has 0 saturated heterocycles. The molecular weight excluding hydrogens is 569 g/mol. The van der Waals surface area contributed by atoms with Crippen molar-refractivity contribution in [1.82, 2.24) is 19.1 Å². The molecular formula is C40H24N4S. The van der Waals surface area contributed by atoms with Crippen LogP contribution in [0.25, 0.3) is 86.8 Å². The van der Waals surface area contributed by atoms with E-state index in [0.717, 1.165) is 38.9 Å². The molecule has 0 radical (unpaired) electrons. The lowest BCUT2D eigenvalue weighted by molar-refractivity contribution is 1.02. The fourth-order valence-electron chi connectivity index (χ4n) is 7.04. The quantitative estimate of drug-likeness (QED) is 0.205. The molecule has 10 aromatic rings. The van der Waals surface area contributed by atoms with Gasteiger partial charge >= 0.3 is 0 Å². The average Bonchev–Trinajstić information content (AvgIpc) is 3.75. The molecule has 45 heavy (non-hydrogen) atoms. The van der Waals surface area contributed by atoms with Crippen molar-refractivity contribution in [2.75, 3.05) is 0 Å². The molecule has 4 heterocycles. The van der Waals surface area contributed by atoms with Crippen molar-refractivity contribution in [3.8, 4) is 22.9 Å². The van der Waals surface area contributed by atoms with E-state index in [1.165, 1.54) is 42.0 Å². The van der Waals surface area contributed by atoms with Crippen LogP contribution in [0.1, 0.15) is 0 Å². The first-order valence-electron chi connectivity index (χ1n) is 15.1. The van der Waals surface area contributed by atoms with Crippen molar-refractivity contribution in [3.05, 3.63) is 146 Å². The zero-order valence-corrected chi connectivity index (χ0v) is 24.9. The van der Waals surface area contributed by atoms with Crippen LogP contribution < -0.4 is 0 Å². The number of benzene rings is 6. The molecule has 210 valence electrons. The Hall–Kier alpha value is -5.78. The van der Waals surface area contributed by atoms with Crippen LogP contribution in [0.4, 0.5) is 0 Å². The Morgan fingerprint density at radius 3 is 1.91 bits per heavy atom. The number of nitrogens with zero attached hydrogens (tertiary/aromatic N) is 4. The molecule has 0 aliphatic rings. The van der Waals surface area contributed by atoms with Gasteiger partial charge in [-0.1, -0.05) is 109 Å². The maximum Gasteiger partial charge on any atom is 0.235 e. The minimum atomic E-state index is 0.674. The van der Waals surface area contributed by atoms with Crippen LogP contribution in [0.15, 0.2) is 146 Å². The Kier molecular flexibility index (Phi) is 5.12. The van der Waals surface area contributed by atoms with Crippen molar-refractivity contribution >= 4 is 75.3 Å². The van der Waals surface area contributed by atoms with Crippen molar-refractivity contribution in [1.29, 1.82) is 0 Å². The van der Waals surface area contributed by atoms with E-state index in [1.807, 2.05) is 17.4 Å². The summed E-state index contributed by atoms with van der Waals surface area (Å²) in [6, 6.07) is 51.4. The molecule has 0 spiro atoms. The largest absolute Gasteiger partial charge is 0.308 e. The topological polar surface area (TPSA) is 35.6 Å². The summed E-state index contributed by atoms with van der Waals surface area (Å²) in [6.07, 6.45) is 0. The van der Waals surface area contributed by atoms with Gasteiger partial charge in [-0.25, -0.2) is 9.97 Å². The monoisotopic (exact) mass is 592 g/mol. The second kappa shape index (κ2) is 9.36. The van der Waals surface area contributed by atoms with Gasteiger partial charge in [-0.3, -0.25) is 4.57 Å². The molecule has 5 heteroatoms. The van der Waals surface area contributed by atoms with E-state index < -0.39 is 0 Å². The van der Waals surface area contributed by atoms with E-state index in [4.69, 9.17) is 9.97 Å². The van der Waals surface area contributed by atoms with Gasteiger partial charge in [-0.15, -0.1) is 11.3 Å². The van der Waals surface area contributed by atoms with Crippen molar-refractivity contribution in [3.63, 3.8) is 0 Å². The van der Waals surface area contributed by atoms with E-state index >= 15 is 0 Å². The van der Waals surface area contributed by atoms with Crippen LogP contribution >= 0.6 is 11.3 Å². The average molecular weight is 593 g/mol. The summed E-state index contributed by atoms with van der Waals surface area (Å²) < 4.78 is 7.27. The number of para-hydroxylation sites is 4. The fourth-order valence-corrected chi connectivity index (χ4v) is 8.26. The smallest absolute Gasteiger partial charge is 0.235 e. The summed E-state index contributed by atoms with van der Waals surface area (Å²) in [5, 5.41) is 5.92. The second-order valence-electron chi connectivity index (χ2n) is 11.4. The third-order valence-corrected chi connectivity index (χ3v) is 10.1. The SMILES string of the molecule is c1ccc(-c2nc(-n3c4ccccc4c4ccc5sc6c7ccccc7n(-c7ccccc7)c6c5c43)nc3ccccc23)cc1. The summed E-state index contributed by atoms with van der Waals surface area (Å²) in [7, 11) is 0. The summed E-state index contributed by atoms with van der Waals surface area (Å²) in [5.41, 5.74) is 8.74. The minimum Gasteiger partial charge on any atom is -0.308 e. The first-order valence-corrected chi connectivity index (χ1v) is 15.9. The third kappa shape index (κ3) is 3.47. The molecule has 0 aliphatic heterocycles. The number of hydrogen-bond acceptors (Lipinski definition) is 3. The molecule has 6 aromatic carbocycles. The Morgan fingerprint density at radius 1 is 0.467 bits per heavy atom. The second-order valence-corrected chi connectivity index (χ2v) is 12.5. The van der Waals surface area contributed by atoms with Crippen LogP contribution in [0, 0.1) is 0 Å². The number of fused-ring (bicyclic) bond motifs is 10. The van der Waals surface area contributed by atoms with Gasteiger partial charge in [0, 0.05) is 42.9 Å². The number of thiophene rings is 1. The molecule has 0 unspecified atom stereocenters. The lowest BCUT2D eigenvalue weighted by Crippen LogP contribution is -2.04. The van der Waals surface area contributed by atoms with Gasteiger partial charge in [0.05, 0.1) is 38.0 Å². The lowest BCUT2D eigenvalue weighted by atomic mass is 10.1. The highest BCUT2D eigenvalue weighted by Gasteiger charge is 2.24. The Balaban J connectivity index is 1.43. The third-order valence-electron chi connectivity index (χ3n) is 8.93. The van der Waals surface area contributed by atoms with Crippen LogP contribution in [-0.4, -0.2) is 19.1 Å². The highest BCUT2D eigenvalue weighted by atomic mass is 32.1. The van der Waals surface area contributed by atoms with Gasteiger partial charge < -0.3 is 4.57 Å². The van der Waals surface area contributed by atoms with Gasteiger partial charge in [0.1, 0.15) is 0 Å². The standard InChI is InChI=1S/C40H24N4S/c1-3-13-25(14-4-1)36-29-18-7-10-20-31(29)41-40(42-36)44-32-21-11-8-17-27(32)28-23-24-34-35(37(28)44)38-39(45-34)30-19-9-12-22-33(30)43(38)26-15-5-2-6-16-26/h1-24H. The minimum absolute atomic E-state index is 0.674. The van der Waals surface area contributed by atoms with Gasteiger partial charge in [-0.05, 0) is 36.4 Å².